The van der Waals surface area contributed by atoms with Gasteiger partial charge in [0.25, 0.3) is 5.69 Å². The highest BCUT2D eigenvalue weighted by atomic mass is 19.1. The van der Waals surface area contributed by atoms with Crippen LogP contribution in [0.4, 0.5) is 27.1 Å². The summed E-state index contributed by atoms with van der Waals surface area (Å²) in [6.07, 6.45) is 0. The minimum Gasteiger partial charge on any atom is -0.369 e. The predicted molar refractivity (Wildman–Crippen MR) is 87.6 cm³/mol. The first-order valence-corrected chi connectivity index (χ1v) is 7.21. The zero-order valence-corrected chi connectivity index (χ0v) is 12.7. The number of anilines is 1. The average molecular weight is 316 g/mol. The van der Waals surface area contributed by atoms with E-state index in [-0.39, 0.29) is 5.69 Å². The Morgan fingerprint density at radius 1 is 1.04 bits per heavy atom. The maximum Gasteiger partial charge on any atom is 0.269 e. The Labute approximate surface area is 133 Å². The first-order valence-electron chi connectivity index (χ1n) is 7.21. The van der Waals surface area contributed by atoms with Gasteiger partial charge in [-0.1, -0.05) is 0 Å². The van der Waals surface area contributed by atoms with Gasteiger partial charge in [0.05, 0.1) is 16.3 Å². The van der Waals surface area contributed by atoms with Crippen LogP contribution in [0.3, 0.4) is 0 Å². The summed E-state index contributed by atoms with van der Waals surface area (Å²) in [7, 11) is 0. The number of nitro groups is 1. The highest BCUT2D eigenvalue weighted by Gasteiger charge is 2.04. The molecule has 6 nitrogen and oxygen atoms in total. The van der Waals surface area contributed by atoms with Gasteiger partial charge in [-0.15, -0.1) is 0 Å². The van der Waals surface area contributed by atoms with E-state index in [1.54, 1.807) is 12.1 Å². The van der Waals surface area contributed by atoms with Crippen LogP contribution in [-0.4, -0.2) is 24.7 Å². The lowest BCUT2D eigenvalue weighted by Crippen LogP contribution is -2.24. The summed E-state index contributed by atoms with van der Waals surface area (Å²) in [4.78, 5) is 12.0. The molecule has 0 heterocycles. The summed E-state index contributed by atoms with van der Waals surface area (Å²) in [5.41, 5.74) is 2.14. The van der Waals surface area contributed by atoms with Crippen LogP contribution in [0.15, 0.2) is 58.8 Å². The van der Waals surface area contributed by atoms with Crippen molar-refractivity contribution >= 4 is 22.7 Å². The summed E-state index contributed by atoms with van der Waals surface area (Å²) >= 11 is 0. The number of halogens is 1. The Hall–Kier alpha value is -2.83. The summed E-state index contributed by atoms with van der Waals surface area (Å²) in [6, 6.07) is 13.2. The second-order valence-corrected chi connectivity index (χ2v) is 4.76. The van der Waals surface area contributed by atoms with E-state index in [1.165, 1.54) is 24.3 Å². The fourth-order valence-electron chi connectivity index (χ4n) is 2.06. The normalized spacial score (nSPS) is 10.9. The third kappa shape index (κ3) is 4.57. The van der Waals surface area contributed by atoms with E-state index in [4.69, 9.17) is 0 Å². The van der Waals surface area contributed by atoms with Gasteiger partial charge in [-0.3, -0.25) is 10.1 Å². The molecule has 0 aliphatic carbocycles. The Morgan fingerprint density at radius 3 is 2.00 bits per heavy atom. The SMILES string of the molecule is CCN(CCF)c1ccc(N=Nc2ccc([N+](=O)[O-])cc2)cc1. The first-order chi connectivity index (χ1) is 11.1. The van der Waals surface area contributed by atoms with E-state index in [0.717, 1.165) is 12.2 Å². The third-order valence-corrected chi connectivity index (χ3v) is 3.29. The van der Waals surface area contributed by atoms with Crippen LogP contribution in [0.2, 0.25) is 0 Å². The van der Waals surface area contributed by atoms with Crippen LogP contribution in [0, 0.1) is 10.1 Å². The molecule has 2 aromatic carbocycles. The van der Waals surface area contributed by atoms with Crippen molar-refractivity contribution in [1.82, 2.24) is 0 Å². The number of benzene rings is 2. The van der Waals surface area contributed by atoms with E-state index in [2.05, 4.69) is 10.2 Å². The van der Waals surface area contributed by atoms with Gasteiger partial charge >= 0.3 is 0 Å². The molecule has 0 unspecified atom stereocenters. The number of azo groups is 1. The van der Waals surface area contributed by atoms with Crippen molar-refractivity contribution in [1.29, 1.82) is 0 Å². The molecule has 0 saturated heterocycles. The van der Waals surface area contributed by atoms with Crippen molar-refractivity contribution in [3.63, 3.8) is 0 Å². The summed E-state index contributed by atoms with van der Waals surface area (Å²) in [6.45, 7) is 2.67. The van der Waals surface area contributed by atoms with E-state index in [1.807, 2.05) is 24.0 Å². The molecule has 0 atom stereocenters. The minimum absolute atomic E-state index is 0.0147. The number of alkyl halides is 1. The largest absolute Gasteiger partial charge is 0.369 e. The fourth-order valence-corrected chi connectivity index (χ4v) is 2.06. The minimum atomic E-state index is -0.462. The van der Waals surface area contributed by atoms with Gasteiger partial charge in [-0.05, 0) is 43.3 Å². The van der Waals surface area contributed by atoms with Crippen molar-refractivity contribution in [3.8, 4) is 0 Å². The second-order valence-electron chi connectivity index (χ2n) is 4.76. The number of hydrogen-bond acceptors (Lipinski definition) is 5. The molecule has 7 heteroatoms. The molecule has 0 aliphatic rings. The third-order valence-electron chi connectivity index (χ3n) is 3.29. The maximum absolute atomic E-state index is 12.5. The van der Waals surface area contributed by atoms with Crippen molar-refractivity contribution < 1.29 is 9.31 Å². The highest BCUT2D eigenvalue weighted by molar-refractivity contribution is 5.53. The van der Waals surface area contributed by atoms with Crippen molar-refractivity contribution in [2.24, 2.45) is 10.2 Å². The van der Waals surface area contributed by atoms with Gasteiger partial charge in [0.15, 0.2) is 0 Å². The van der Waals surface area contributed by atoms with Gasteiger partial charge in [0, 0.05) is 30.9 Å². The van der Waals surface area contributed by atoms with Crippen LogP contribution in [-0.2, 0) is 0 Å². The number of hydrogen-bond donors (Lipinski definition) is 0. The molecule has 23 heavy (non-hydrogen) atoms. The lowest BCUT2D eigenvalue weighted by atomic mass is 10.2. The zero-order chi connectivity index (χ0) is 16.7. The standard InChI is InChI=1S/C16H17FN4O2/c1-2-20(12-11-17)15-7-3-13(4-8-15)18-19-14-5-9-16(10-6-14)21(22)23/h3-10H,2,11-12H2,1H3. The molecular formula is C16H17FN4O2. The summed E-state index contributed by atoms with van der Waals surface area (Å²) in [5.74, 6) is 0. The van der Waals surface area contributed by atoms with Crippen molar-refractivity contribution in [2.75, 3.05) is 24.7 Å². The Balaban J connectivity index is 2.06. The van der Waals surface area contributed by atoms with E-state index in [9.17, 15) is 14.5 Å². The fraction of sp³-hybridized carbons (Fsp3) is 0.250. The molecule has 0 spiro atoms. The lowest BCUT2D eigenvalue weighted by molar-refractivity contribution is -0.384. The smallest absolute Gasteiger partial charge is 0.269 e. The molecule has 2 aromatic rings. The molecule has 0 aromatic heterocycles. The molecule has 0 saturated carbocycles. The second kappa shape index (κ2) is 7.98. The Bertz CT molecular complexity index is 671. The van der Waals surface area contributed by atoms with Gasteiger partial charge in [0.1, 0.15) is 6.67 Å². The molecule has 0 N–H and O–H groups in total. The molecular weight excluding hydrogens is 299 g/mol. The first kappa shape index (κ1) is 16.5. The zero-order valence-electron chi connectivity index (χ0n) is 12.7. The van der Waals surface area contributed by atoms with Crippen LogP contribution < -0.4 is 4.90 Å². The molecule has 120 valence electrons. The van der Waals surface area contributed by atoms with Crippen LogP contribution in [0.25, 0.3) is 0 Å². The van der Waals surface area contributed by atoms with E-state index >= 15 is 0 Å². The predicted octanol–water partition coefficient (Wildman–Crippen LogP) is 4.81. The van der Waals surface area contributed by atoms with Gasteiger partial charge < -0.3 is 4.90 Å². The van der Waals surface area contributed by atoms with E-state index < -0.39 is 11.6 Å². The number of nitro benzene ring substituents is 1. The van der Waals surface area contributed by atoms with Crippen molar-refractivity contribution in [2.45, 2.75) is 6.92 Å². The highest BCUT2D eigenvalue weighted by Crippen LogP contribution is 2.23. The summed E-state index contributed by atoms with van der Waals surface area (Å²) < 4.78 is 12.5. The molecule has 0 bridgehead atoms. The monoisotopic (exact) mass is 316 g/mol. The summed E-state index contributed by atoms with van der Waals surface area (Å²) in [5, 5.41) is 18.7. The lowest BCUT2D eigenvalue weighted by Gasteiger charge is -2.21. The molecule has 0 fully saturated rings. The number of non-ortho nitro benzene ring substituents is 1. The average Bonchev–Trinajstić information content (AvgIpc) is 2.59. The molecule has 0 radical (unpaired) electrons. The topological polar surface area (TPSA) is 71.1 Å². The maximum atomic E-state index is 12.5. The van der Waals surface area contributed by atoms with Crippen molar-refractivity contribution in [3.05, 3.63) is 58.6 Å². The van der Waals surface area contributed by atoms with Crippen LogP contribution in [0.1, 0.15) is 6.92 Å². The number of rotatable bonds is 7. The Kier molecular flexibility index (Phi) is 5.74. The molecule has 2 rings (SSSR count). The van der Waals surface area contributed by atoms with Crippen LogP contribution >= 0.6 is 0 Å². The molecule has 0 amide bonds. The van der Waals surface area contributed by atoms with E-state index in [0.29, 0.717) is 17.9 Å². The number of nitrogens with zero attached hydrogens (tertiary/aromatic N) is 4. The quantitative estimate of drug-likeness (QED) is 0.418. The van der Waals surface area contributed by atoms with Gasteiger partial charge in [0.2, 0.25) is 0 Å². The Morgan fingerprint density at radius 2 is 1.57 bits per heavy atom. The van der Waals surface area contributed by atoms with Gasteiger partial charge in [-0.2, -0.15) is 10.2 Å². The van der Waals surface area contributed by atoms with Crippen LogP contribution in [0.5, 0.6) is 0 Å². The molecule has 0 aliphatic heterocycles. The van der Waals surface area contributed by atoms with Gasteiger partial charge in [-0.25, -0.2) is 4.39 Å².